The van der Waals surface area contributed by atoms with Gasteiger partial charge in [-0.15, -0.1) is 0 Å². The van der Waals surface area contributed by atoms with Gasteiger partial charge < -0.3 is 5.32 Å². The first-order valence-electron chi connectivity index (χ1n) is 7.33. The van der Waals surface area contributed by atoms with Crippen LogP contribution in [0.5, 0.6) is 0 Å². The van der Waals surface area contributed by atoms with Gasteiger partial charge in [0, 0.05) is 10.5 Å². The van der Waals surface area contributed by atoms with Crippen molar-refractivity contribution in [2.24, 2.45) is 17.0 Å². The third-order valence-electron chi connectivity index (χ3n) is 4.53. The smallest absolute Gasteiger partial charge is 0.252 e. The minimum absolute atomic E-state index is 0.0640. The molecule has 3 atom stereocenters. The van der Waals surface area contributed by atoms with Crippen LogP contribution >= 0.6 is 15.9 Å². The predicted octanol–water partition coefficient (Wildman–Crippen LogP) is 2.65. The molecule has 0 radical (unpaired) electrons. The van der Waals surface area contributed by atoms with E-state index in [1.54, 1.807) is 0 Å². The number of rotatable bonds is 3. The molecule has 1 aliphatic rings. The number of nitrogens with one attached hydrogen (secondary N) is 1. The first kappa shape index (κ1) is 17.4. The first-order valence-corrected chi connectivity index (χ1v) is 9.67. The molecule has 3 unspecified atom stereocenters. The maximum absolute atomic E-state index is 12.5. The molecule has 0 aromatic heterocycles. The van der Waals surface area contributed by atoms with Crippen LogP contribution in [0.15, 0.2) is 27.6 Å². The molecular formula is C15H21BrN2O3S. The van der Waals surface area contributed by atoms with Crippen molar-refractivity contribution in [1.82, 2.24) is 5.32 Å². The second-order valence-corrected chi connectivity index (χ2v) is 8.45. The molecule has 5 nitrogen and oxygen atoms in total. The Labute approximate surface area is 139 Å². The zero-order chi connectivity index (χ0) is 16.5. The third kappa shape index (κ3) is 3.88. The van der Waals surface area contributed by atoms with Crippen LogP contribution in [0, 0.1) is 11.8 Å². The van der Waals surface area contributed by atoms with E-state index in [4.69, 9.17) is 5.14 Å². The van der Waals surface area contributed by atoms with Gasteiger partial charge >= 0.3 is 0 Å². The molecule has 1 fully saturated rings. The predicted molar refractivity (Wildman–Crippen MR) is 88.9 cm³/mol. The lowest BCUT2D eigenvalue weighted by atomic mass is 9.78. The van der Waals surface area contributed by atoms with E-state index in [9.17, 15) is 13.2 Å². The summed E-state index contributed by atoms with van der Waals surface area (Å²) in [6.07, 6.45) is 3.22. The summed E-state index contributed by atoms with van der Waals surface area (Å²) in [5, 5.41) is 8.16. The highest BCUT2D eigenvalue weighted by atomic mass is 79.9. The molecule has 0 aliphatic heterocycles. The molecule has 22 heavy (non-hydrogen) atoms. The number of benzene rings is 1. The third-order valence-corrected chi connectivity index (χ3v) is 6.14. The molecule has 0 bridgehead atoms. The summed E-state index contributed by atoms with van der Waals surface area (Å²) < 4.78 is 23.4. The molecule has 0 saturated heterocycles. The van der Waals surface area contributed by atoms with Crippen molar-refractivity contribution in [3.8, 4) is 0 Å². The monoisotopic (exact) mass is 388 g/mol. The lowest BCUT2D eigenvalue weighted by Crippen LogP contribution is -2.43. The molecule has 1 aromatic carbocycles. The van der Waals surface area contributed by atoms with Crippen LogP contribution in [0.3, 0.4) is 0 Å². The van der Waals surface area contributed by atoms with E-state index in [-0.39, 0.29) is 22.4 Å². The van der Waals surface area contributed by atoms with Crippen LogP contribution in [-0.4, -0.2) is 20.4 Å². The number of halogens is 1. The normalized spacial score (nSPS) is 25.7. The molecule has 0 heterocycles. The topological polar surface area (TPSA) is 89.3 Å². The lowest BCUT2D eigenvalue weighted by Gasteiger charge is -2.34. The van der Waals surface area contributed by atoms with Crippen molar-refractivity contribution in [3.05, 3.63) is 28.2 Å². The van der Waals surface area contributed by atoms with Gasteiger partial charge in [0.25, 0.3) is 5.91 Å². The highest BCUT2D eigenvalue weighted by molar-refractivity contribution is 9.10. The molecule has 3 N–H and O–H groups in total. The van der Waals surface area contributed by atoms with Gasteiger partial charge in [0.2, 0.25) is 10.0 Å². The number of primary sulfonamides is 1. The molecule has 1 aromatic rings. The van der Waals surface area contributed by atoms with Crippen LogP contribution in [0.25, 0.3) is 0 Å². The van der Waals surface area contributed by atoms with Gasteiger partial charge in [0.1, 0.15) is 0 Å². The van der Waals surface area contributed by atoms with E-state index in [0.29, 0.717) is 16.3 Å². The zero-order valence-corrected chi connectivity index (χ0v) is 15.1. The Balaban J connectivity index is 2.22. The largest absolute Gasteiger partial charge is 0.349 e. The number of hydrogen-bond donors (Lipinski definition) is 2. The average Bonchev–Trinajstić information content (AvgIpc) is 2.43. The van der Waals surface area contributed by atoms with E-state index in [1.807, 2.05) is 0 Å². The van der Waals surface area contributed by atoms with Crippen molar-refractivity contribution >= 4 is 31.9 Å². The number of carbonyl (C=O) groups is 1. The minimum atomic E-state index is -3.83. The zero-order valence-electron chi connectivity index (χ0n) is 12.7. The SMILES string of the molecule is CC1CCCC(NC(=O)c2cc(S(N)(=O)=O)ccc2Br)C1C. The Morgan fingerprint density at radius 2 is 2.00 bits per heavy atom. The number of hydrogen-bond acceptors (Lipinski definition) is 3. The first-order chi connectivity index (χ1) is 10.2. The Kier molecular flexibility index (Phi) is 5.29. The fourth-order valence-electron chi connectivity index (χ4n) is 2.89. The maximum atomic E-state index is 12.5. The standard InChI is InChI=1S/C15H21BrN2O3S/c1-9-4-3-5-14(10(9)2)18-15(19)12-8-11(22(17,20)21)6-7-13(12)16/h6-10,14H,3-5H2,1-2H3,(H,18,19)(H2,17,20,21). The van der Waals surface area contributed by atoms with Crippen LogP contribution in [-0.2, 0) is 10.0 Å². The molecule has 122 valence electrons. The summed E-state index contributed by atoms with van der Waals surface area (Å²) in [6, 6.07) is 4.33. The number of carbonyl (C=O) groups excluding carboxylic acids is 1. The highest BCUT2D eigenvalue weighted by Crippen LogP contribution is 2.30. The maximum Gasteiger partial charge on any atom is 0.252 e. The minimum Gasteiger partial charge on any atom is -0.349 e. The fourth-order valence-corrected chi connectivity index (χ4v) is 3.85. The van der Waals surface area contributed by atoms with Crippen molar-refractivity contribution in [2.45, 2.75) is 44.0 Å². The van der Waals surface area contributed by atoms with Gasteiger partial charge in [-0.2, -0.15) is 0 Å². The Morgan fingerprint density at radius 1 is 1.32 bits per heavy atom. The summed E-state index contributed by atoms with van der Waals surface area (Å²) in [7, 11) is -3.83. The van der Waals surface area contributed by atoms with Crippen LogP contribution in [0.4, 0.5) is 0 Å². The molecule has 0 spiro atoms. The number of nitrogens with two attached hydrogens (primary N) is 1. The van der Waals surface area contributed by atoms with E-state index in [0.717, 1.165) is 12.8 Å². The summed E-state index contributed by atoms with van der Waals surface area (Å²) in [4.78, 5) is 12.4. The number of sulfonamides is 1. The molecular weight excluding hydrogens is 368 g/mol. The van der Waals surface area contributed by atoms with Gasteiger partial charge in [-0.05, 0) is 52.4 Å². The van der Waals surface area contributed by atoms with E-state index < -0.39 is 10.0 Å². The van der Waals surface area contributed by atoms with Gasteiger partial charge in [-0.3, -0.25) is 4.79 Å². The van der Waals surface area contributed by atoms with E-state index >= 15 is 0 Å². The molecule has 1 aliphatic carbocycles. The fraction of sp³-hybridized carbons (Fsp3) is 0.533. The summed E-state index contributed by atoms with van der Waals surface area (Å²) in [5.74, 6) is 0.694. The molecule has 1 saturated carbocycles. The quantitative estimate of drug-likeness (QED) is 0.833. The van der Waals surface area contributed by atoms with Gasteiger partial charge in [-0.1, -0.05) is 26.7 Å². The molecule has 1 amide bonds. The molecule has 7 heteroatoms. The van der Waals surface area contributed by atoms with Crippen LogP contribution in [0.2, 0.25) is 0 Å². The molecule has 2 rings (SSSR count). The number of amides is 1. The van der Waals surface area contributed by atoms with Gasteiger partial charge in [-0.25, -0.2) is 13.6 Å². The summed E-state index contributed by atoms with van der Waals surface area (Å²) >= 11 is 3.29. The lowest BCUT2D eigenvalue weighted by molar-refractivity contribution is 0.0890. The van der Waals surface area contributed by atoms with Crippen molar-refractivity contribution in [2.75, 3.05) is 0 Å². The van der Waals surface area contributed by atoms with E-state index in [2.05, 4.69) is 35.1 Å². The second kappa shape index (κ2) is 6.68. The van der Waals surface area contributed by atoms with Crippen molar-refractivity contribution in [1.29, 1.82) is 0 Å². The Bertz CT molecular complexity index is 675. The van der Waals surface area contributed by atoms with Crippen molar-refractivity contribution < 1.29 is 13.2 Å². The van der Waals surface area contributed by atoms with Gasteiger partial charge in [0.05, 0.1) is 10.5 Å². The van der Waals surface area contributed by atoms with E-state index in [1.165, 1.54) is 24.6 Å². The Hall–Kier alpha value is -0.920. The summed E-state index contributed by atoms with van der Waals surface area (Å²) in [6.45, 7) is 4.34. The van der Waals surface area contributed by atoms with Crippen molar-refractivity contribution in [3.63, 3.8) is 0 Å². The van der Waals surface area contributed by atoms with Crippen LogP contribution in [0.1, 0.15) is 43.5 Å². The Morgan fingerprint density at radius 3 is 2.64 bits per heavy atom. The van der Waals surface area contributed by atoms with Gasteiger partial charge in [0.15, 0.2) is 0 Å². The van der Waals surface area contributed by atoms with Crippen LogP contribution < -0.4 is 10.5 Å². The second-order valence-electron chi connectivity index (χ2n) is 6.03. The highest BCUT2D eigenvalue weighted by Gasteiger charge is 2.29. The summed E-state index contributed by atoms with van der Waals surface area (Å²) in [5.41, 5.74) is 0.289. The average molecular weight is 389 g/mol.